The van der Waals surface area contributed by atoms with Crippen LogP contribution in [0.3, 0.4) is 0 Å². The number of hydrogen-bond acceptors (Lipinski definition) is 3. The van der Waals surface area contributed by atoms with Crippen LogP contribution in [0.15, 0.2) is 0 Å². The van der Waals surface area contributed by atoms with Crippen molar-refractivity contribution in [3.63, 3.8) is 0 Å². The van der Waals surface area contributed by atoms with Crippen molar-refractivity contribution in [2.75, 3.05) is 7.11 Å². The summed E-state index contributed by atoms with van der Waals surface area (Å²) in [6.07, 6.45) is 4.12. The summed E-state index contributed by atoms with van der Waals surface area (Å²) in [6.45, 7) is 4.16. The lowest BCUT2D eigenvalue weighted by atomic mass is 9.86. The van der Waals surface area contributed by atoms with Gasteiger partial charge in [0.25, 0.3) is 0 Å². The first-order valence-electron chi connectivity index (χ1n) is 4.93. The predicted molar refractivity (Wildman–Crippen MR) is 53.4 cm³/mol. The molecule has 0 spiro atoms. The van der Waals surface area contributed by atoms with E-state index in [0.29, 0.717) is 6.42 Å². The molecule has 0 amide bonds. The van der Waals surface area contributed by atoms with Crippen molar-refractivity contribution in [3.05, 3.63) is 0 Å². The van der Waals surface area contributed by atoms with Gasteiger partial charge in [-0.2, -0.15) is 0 Å². The predicted octanol–water partition coefficient (Wildman–Crippen LogP) is 1.85. The Morgan fingerprint density at radius 3 is 2.08 bits per heavy atom. The highest BCUT2D eigenvalue weighted by atomic mass is 16.5. The first-order chi connectivity index (χ1) is 6.08. The molecule has 0 radical (unpaired) electrons. The van der Waals surface area contributed by atoms with Crippen LogP contribution in [0.2, 0.25) is 0 Å². The number of hydrogen-bond donors (Lipinski definition) is 1. The third-order valence-corrected chi connectivity index (χ3v) is 2.22. The Labute approximate surface area is 80.6 Å². The van der Waals surface area contributed by atoms with Gasteiger partial charge in [0, 0.05) is 5.54 Å². The van der Waals surface area contributed by atoms with Gasteiger partial charge in [0.2, 0.25) is 0 Å². The molecule has 0 fully saturated rings. The molecule has 2 N–H and O–H groups in total. The van der Waals surface area contributed by atoms with E-state index in [1.165, 1.54) is 7.11 Å². The van der Waals surface area contributed by atoms with Crippen LogP contribution in [0.25, 0.3) is 0 Å². The molecule has 13 heavy (non-hydrogen) atoms. The molecule has 0 heterocycles. The second-order valence-electron chi connectivity index (χ2n) is 3.62. The van der Waals surface area contributed by atoms with Crippen LogP contribution in [0.1, 0.15) is 46.0 Å². The fourth-order valence-corrected chi connectivity index (χ4v) is 1.66. The zero-order valence-corrected chi connectivity index (χ0v) is 8.93. The van der Waals surface area contributed by atoms with Gasteiger partial charge in [0.15, 0.2) is 0 Å². The summed E-state index contributed by atoms with van der Waals surface area (Å²) >= 11 is 0. The molecule has 0 saturated carbocycles. The normalized spacial score (nSPS) is 11.4. The van der Waals surface area contributed by atoms with Gasteiger partial charge in [-0.3, -0.25) is 4.79 Å². The molecule has 0 aromatic heterocycles. The minimum Gasteiger partial charge on any atom is -0.469 e. The second-order valence-corrected chi connectivity index (χ2v) is 3.62. The van der Waals surface area contributed by atoms with E-state index in [-0.39, 0.29) is 11.5 Å². The Morgan fingerprint density at radius 2 is 1.77 bits per heavy atom. The quantitative estimate of drug-likeness (QED) is 0.646. The largest absolute Gasteiger partial charge is 0.469 e. The lowest BCUT2D eigenvalue weighted by Crippen LogP contribution is -2.41. The highest BCUT2D eigenvalue weighted by Crippen LogP contribution is 2.20. The Morgan fingerprint density at radius 1 is 1.31 bits per heavy atom. The van der Waals surface area contributed by atoms with E-state index in [1.807, 2.05) is 0 Å². The Balaban J connectivity index is 4.13. The Kier molecular flexibility index (Phi) is 5.71. The highest BCUT2D eigenvalue weighted by Gasteiger charge is 2.26. The first kappa shape index (κ1) is 12.4. The molecule has 0 aromatic carbocycles. The van der Waals surface area contributed by atoms with Crippen LogP contribution >= 0.6 is 0 Å². The molecular formula is C10H21NO2. The van der Waals surface area contributed by atoms with Crippen LogP contribution in [0.4, 0.5) is 0 Å². The third-order valence-electron chi connectivity index (χ3n) is 2.22. The molecule has 78 valence electrons. The van der Waals surface area contributed by atoms with E-state index in [1.54, 1.807) is 0 Å². The van der Waals surface area contributed by atoms with Crippen molar-refractivity contribution in [2.24, 2.45) is 5.73 Å². The van der Waals surface area contributed by atoms with Crippen molar-refractivity contribution in [2.45, 2.75) is 51.5 Å². The van der Waals surface area contributed by atoms with Gasteiger partial charge in [-0.25, -0.2) is 0 Å². The van der Waals surface area contributed by atoms with Crippen LogP contribution < -0.4 is 5.73 Å². The maximum absolute atomic E-state index is 11.1. The fraction of sp³-hybridized carbons (Fsp3) is 0.900. The van der Waals surface area contributed by atoms with Crippen molar-refractivity contribution in [1.82, 2.24) is 0 Å². The highest BCUT2D eigenvalue weighted by molar-refractivity contribution is 5.70. The van der Waals surface area contributed by atoms with Gasteiger partial charge in [0.05, 0.1) is 13.5 Å². The van der Waals surface area contributed by atoms with E-state index >= 15 is 0 Å². The summed E-state index contributed by atoms with van der Waals surface area (Å²) in [6, 6.07) is 0. The van der Waals surface area contributed by atoms with E-state index in [4.69, 9.17) is 5.73 Å². The molecule has 0 saturated heterocycles. The van der Waals surface area contributed by atoms with Gasteiger partial charge >= 0.3 is 5.97 Å². The van der Waals surface area contributed by atoms with Crippen LogP contribution in [-0.2, 0) is 9.53 Å². The Bertz CT molecular complexity index is 151. The molecule has 0 unspecified atom stereocenters. The minimum atomic E-state index is -0.351. The van der Waals surface area contributed by atoms with E-state index in [9.17, 15) is 4.79 Å². The summed E-state index contributed by atoms with van der Waals surface area (Å²) in [5, 5.41) is 0. The lowest BCUT2D eigenvalue weighted by molar-refractivity contribution is -0.142. The van der Waals surface area contributed by atoms with Crippen molar-refractivity contribution >= 4 is 5.97 Å². The number of ether oxygens (including phenoxy) is 1. The molecular weight excluding hydrogens is 166 g/mol. The smallest absolute Gasteiger partial charge is 0.307 e. The van der Waals surface area contributed by atoms with Gasteiger partial charge in [-0.1, -0.05) is 26.7 Å². The maximum Gasteiger partial charge on any atom is 0.307 e. The zero-order valence-electron chi connectivity index (χ0n) is 8.93. The molecule has 0 aromatic rings. The van der Waals surface area contributed by atoms with Gasteiger partial charge in [-0.05, 0) is 12.8 Å². The summed E-state index contributed by atoms with van der Waals surface area (Å²) in [5.41, 5.74) is 5.74. The molecule has 0 bridgehead atoms. The fourth-order valence-electron chi connectivity index (χ4n) is 1.66. The summed E-state index contributed by atoms with van der Waals surface area (Å²) in [4.78, 5) is 11.1. The van der Waals surface area contributed by atoms with E-state index in [0.717, 1.165) is 25.7 Å². The SMILES string of the molecule is CCCC(N)(CCC)CC(=O)OC. The monoisotopic (exact) mass is 187 g/mol. The lowest BCUT2D eigenvalue weighted by Gasteiger charge is -2.27. The van der Waals surface area contributed by atoms with Gasteiger partial charge in [-0.15, -0.1) is 0 Å². The number of methoxy groups -OCH3 is 1. The maximum atomic E-state index is 11.1. The average molecular weight is 187 g/mol. The average Bonchev–Trinajstić information content (AvgIpc) is 2.04. The van der Waals surface area contributed by atoms with Gasteiger partial charge in [0.1, 0.15) is 0 Å². The standard InChI is InChI=1S/C10H21NO2/c1-4-6-10(11,7-5-2)8-9(12)13-3/h4-8,11H2,1-3H3. The molecule has 3 heteroatoms. The number of carbonyl (C=O) groups excluding carboxylic acids is 1. The molecule has 0 aliphatic heterocycles. The van der Waals surface area contributed by atoms with Crippen LogP contribution in [-0.4, -0.2) is 18.6 Å². The summed E-state index contributed by atoms with van der Waals surface area (Å²) in [5.74, 6) is -0.204. The molecule has 0 atom stereocenters. The topological polar surface area (TPSA) is 52.3 Å². The first-order valence-corrected chi connectivity index (χ1v) is 4.93. The summed E-state index contributed by atoms with van der Waals surface area (Å²) in [7, 11) is 1.40. The van der Waals surface area contributed by atoms with E-state index in [2.05, 4.69) is 18.6 Å². The Hall–Kier alpha value is -0.570. The number of esters is 1. The molecule has 0 rings (SSSR count). The van der Waals surface area contributed by atoms with Crippen molar-refractivity contribution in [1.29, 1.82) is 0 Å². The van der Waals surface area contributed by atoms with Crippen LogP contribution in [0.5, 0.6) is 0 Å². The third kappa shape index (κ3) is 4.88. The zero-order chi connectivity index (χ0) is 10.3. The van der Waals surface area contributed by atoms with Gasteiger partial charge < -0.3 is 10.5 Å². The minimum absolute atomic E-state index is 0.204. The van der Waals surface area contributed by atoms with Crippen molar-refractivity contribution < 1.29 is 9.53 Å². The van der Waals surface area contributed by atoms with Crippen LogP contribution in [0, 0.1) is 0 Å². The second kappa shape index (κ2) is 5.97. The molecule has 0 aliphatic carbocycles. The molecule has 0 aliphatic rings. The molecule has 3 nitrogen and oxygen atoms in total. The van der Waals surface area contributed by atoms with Crippen molar-refractivity contribution in [3.8, 4) is 0 Å². The number of carbonyl (C=O) groups is 1. The summed E-state index contributed by atoms with van der Waals surface area (Å²) < 4.78 is 4.62. The van der Waals surface area contributed by atoms with E-state index < -0.39 is 0 Å². The number of rotatable bonds is 6. The number of nitrogens with two attached hydrogens (primary N) is 1.